The van der Waals surface area contributed by atoms with Crippen LogP contribution in [0, 0.1) is 11.6 Å². The van der Waals surface area contributed by atoms with E-state index in [2.05, 4.69) is 10.1 Å². The Balaban J connectivity index is 1.57. The summed E-state index contributed by atoms with van der Waals surface area (Å²) in [5, 5.41) is 4.04. The quantitative estimate of drug-likeness (QED) is 0.699. The zero-order chi connectivity index (χ0) is 19.0. The molecule has 27 heavy (non-hydrogen) atoms. The minimum absolute atomic E-state index is 0.152. The van der Waals surface area contributed by atoms with Crippen LogP contribution >= 0.6 is 0 Å². The maximum absolute atomic E-state index is 13.6. The maximum Gasteiger partial charge on any atom is 0.227 e. The molecule has 8 heteroatoms. The number of hydrogen-bond acceptors (Lipinski definition) is 6. The van der Waals surface area contributed by atoms with E-state index in [0.717, 1.165) is 23.5 Å². The Morgan fingerprint density at radius 2 is 2.11 bits per heavy atom. The van der Waals surface area contributed by atoms with Crippen molar-refractivity contribution in [2.45, 2.75) is 19.5 Å². The lowest BCUT2D eigenvalue weighted by Gasteiger charge is -2.25. The van der Waals surface area contributed by atoms with E-state index in [0.29, 0.717) is 43.1 Å². The third-order valence-corrected chi connectivity index (χ3v) is 4.55. The van der Waals surface area contributed by atoms with Crippen LogP contribution in [0.15, 0.2) is 44.3 Å². The van der Waals surface area contributed by atoms with Gasteiger partial charge in [0.1, 0.15) is 23.5 Å². The summed E-state index contributed by atoms with van der Waals surface area (Å²) in [6.45, 7) is 1.60. The summed E-state index contributed by atoms with van der Waals surface area (Å²) in [4.78, 5) is 13.9. The number of fused-ring (bicyclic) bond motifs is 1. The van der Waals surface area contributed by atoms with Gasteiger partial charge in [0.05, 0.1) is 13.7 Å². The lowest BCUT2D eigenvalue weighted by atomic mass is 10.0. The van der Waals surface area contributed by atoms with Crippen molar-refractivity contribution < 1.29 is 22.5 Å². The molecule has 0 bridgehead atoms. The van der Waals surface area contributed by atoms with E-state index in [1.807, 2.05) is 0 Å². The van der Waals surface area contributed by atoms with Gasteiger partial charge in [0, 0.05) is 36.7 Å². The molecule has 1 aliphatic rings. The number of ether oxygens (including phenoxy) is 1. The van der Waals surface area contributed by atoms with Crippen LogP contribution in [0.2, 0.25) is 0 Å². The Bertz CT molecular complexity index is 1040. The third kappa shape index (κ3) is 3.35. The van der Waals surface area contributed by atoms with Gasteiger partial charge in [-0.05, 0) is 18.2 Å². The molecule has 0 atom stereocenters. The monoisotopic (exact) mass is 374 g/mol. The minimum Gasteiger partial charge on any atom is -0.490 e. The fourth-order valence-electron chi connectivity index (χ4n) is 3.16. The summed E-state index contributed by atoms with van der Waals surface area (Å²) in [7, 11) is 1.41. The summed E-state index contributed by atoms with van der Waals surface area (Å²) in [5.41, 5.74) is 1.52. The van der Waals surface area contributed by atoms with Gasteiger partial charge >= 0.3 is 0 Å². The molecule has 1 aromatic carbocycles. The largest absolute Gasteiger partial charge is 0.490 e. The summed E-state index contributed by atoms with van der Waals surface area (Å²) in [6.07, 6.45) is 1.91. The molecular formula is C19H16F2N2O4. The van der Waals surface area contributed by atoms with Crippen molar-refractivity contribution in [1.29, 1.82) is 0 Å². The molecule has 0 radical (unpaired) electrons. The van der Waals surface area contributed by atoms with Gasteiger partial charge in [-0.15, -0.1) is 0 Å². The Morgan fingerprint density at radius 3 is 2.85 bits per heavy atom. The molecule has 1 aliphatic heterocycles. The van der Waals surface area contributed by atoms with Crippen LogP contribution in [-0.4, -0.2) is 23.7 Å². The van der Waals surface area contributed by atoms with Crippen molar-refractivity contribution >= 4 is 0 Å². The predicted molar refractivity (Wildman–Crippen MR) is 91.2 cm³/mol. The molecule has 4 rings (SSSR count). The molecule has 0 saturated heterocycles. The normalized spacial score (nSPS) is 14.2. The van der Waals surface area contributed by atoms with Gasteiger partial charge in [0.25, 0.3) is 0 Å². The second-order valence-electron chi connectivity index (χ2n) is 6.30. The highest BCUT2D eigenvalue weighted by Gasteiger charge is 2.26. The summed E-state index contributed by atoms with van der Waals surface area (Å²) >= 11 is 0. The first-order valence-corrected chi connectivity index (χ1v) is 8.36. The molecule has 2 aromatic heterocycles. The topological polar surface area (TPSA) is 68.7 Å². The average Bonchev–Trinajstić information content (AvgIpc) is 3.07. The van der Waals surface area contributed by atoms with Gasteiger partial charge < -0.3 is 13.7 Å². The number of hydrogen-bond donors (Lipinski definition) is 0. The molecule has 140 valence electrons. The third-order valence-electron chi connectivity index (χ3n) is 4.55. The van der Waals surface area contributed by atoms with Crippen molar-refractivity contribution in [1.82, 2.24) is 10.1 Å². The number of nitrogens with zero attached hydrogens (tertiary/aromatic N) is 2. The second kappa shape index (κ2) is 6.96. The Hall–Kier alpha value is -3.00. The standard InChI is InChI=1S/C19H16F2N2O4/c1-25-18-10-26-12(7-16(18)24)8-23-5-4-17-13(9-23)19(22-27-17)11-2-3-14(20)15(21)6-11/h2-3,6-7,10H,4-5,8-9H2,1H3. The first kappa shape index (κ1) is 17.4. The van der Waals surface area contributed by atoms with Crippen LogP contribution in [0.3, 0.4) is 0 Å². The Kier molecular flexibility index (Phi) is 4.49. The van der Waals surface area contributed by atoms with Crippen LogP contribution in [0.5, 0.6) is 5.75 Å². The molecule has 3 heterocycles. The molecule has 0 spiro atoms. The van der Waals surface area contributed by atoms with Gasteiger partial charge in [-0.1, -0.05) is 5.16 Å². The van der Waals surface area contributed by atoms with Gasteiger partial charge in [-0.25, -0.2) is 8.78 Å². The number of rotatable bonds is 4. The van der Waals surface area contributed by atoms with E-state index >= 15 is 0 Å². The summed E-state index contributed by atoms with van der Waals surface area (Å²) in [6, 6.07) is 5.05. The summed E-state index contributed by atoms with van der Waals surface area (Å²) < 4.78 is 42.5. The maximum atomic E-state index is 13.6. The van der Waals surface area contributed by atoms with Crippen LogP contribution in [0.4, 0.5) is 8.78 Å². The molecule has 0 N–H and O–H groups in total. The number of halogens is 2. The highest BCUT2D eigenvalue weighted by atomic mass is 19.2. The van der Waals surface area contributed by atoms with E-state index in [-0.39, 0.29) is 11.2 Å². The number of benzene rings is 1. The van der Waals surface area contributed by atoms with Crippen molar-refractivity contribution in [2.75, 3.05) is 13.7 Å². The average molecular weight is 374 g/mol. The van der Waals surface area contributed by atoms with E-state index < -0.39 is 11.6 Å². The number of aromatic nitrogens is 1. The van der Waals surface area contributed by atoms with Gasteiger partial charge in [-0.3, -0.25) is 9.69 Å². The minimum atomic E-state index is -0.933. The second-order valence-corrected chi connectivity index (χ2v) is 6.30. The fraction of sp³-hybridized carbons (Fsp3) is 0.263. The van der Waals surface area contributed by atoms with Crippen molar-refractivity contribution in [3.8, 4) is 17.0 Å². The molecule has 0 saturated carbocycles. The van der Waals surface area contributed by atoms with Crippen molar-refractivity contribution in [2.24, 2.45) is 0 Å². The lowest BCUT2D eigenvalue weighted by Crippen LogP contribution is -2.30. The zero-order valence-corrected chi connectivity index (χ0v) is 14.5. The molecule has 0 aliphatic carbocycles. The lowest BCUT2D eigenvalue weighted by molar-refractivity contribution is 0.209. The van der Waals surface area contributed by atoms with E-state index in [9.17, 15) is 13.6 Å². The van der Waals surface area contributed by atoms with E-state index in [4.69, 9.17) is 13.7 Å². The molecule has 6 nitrogen and oxygen atoms in total. The number of methoxy groups -OCH3 is 1. The van der Waals surface area contributed by atoms with Gasteiger partial charge in [-0.2, -0.15) is 0 Å². The van der Waals surface area contributed by atoms with Gasteiger partial charge in [0.15, 0.2) is 11.6 Å². The Labute approximate surface area is 153 Å². The molecule has 3 aromatic rings. The summed E-state index contributed by atoms with van der Waals surface area (Å²) in [5.74, 6) is -0.458. The highest BCUT2D eigenvalue weighted by molar-refractivity contribution is 5.63. The van der Waals surface area contributed by atoms with Crippen molar-refractivity contribution in [3.05, 3.63) is 69.5 Å². The first-order chi connectivity index (χ1) is 13.0. The SMILES string of the molecule is COc1coc(CN2CCc3onc(-c4ccc(F)c(F)c4)c3C2)cc1=O. The van der Waals surface area contributed by atoms with Crippen molar-refractivity contribution in [3.63, 3.8) is 0 Å². The van der Waals surface area contributed by atoms with E-state index in [1.165, 1.54) is 25.5 Å². The fourth-order valence-corrected chi connectivity index (χ4v) is 3.16. The molecule has 0 fully saturated rings. The van der Waals surface area contributed by atoms with Gasteiger partial charge in [0.2, 0.25) is 11.2 Å². The molecular weight excluding hydrogens is 358 g/mol. The van der Waals surface area contributed by atoms with Crippen LogP contribution in [0.25, 0.3) is 11.3 Å². The molecule has 0 unspecified atom stereocenters. The van der Waals surface area contributed by atoms with E-state index in [1.54, 1.807) is 0 Å². The van der Waals surface area contributed by atoms with Crippen LogP contribution in [-0.2, 0) is 19.5 Å². The predicted octanol–water partition coefficient (Wildman–Crippen LogP) is 3.14. The van der Waals surface area contributed by atoms with Crippen LogP contribution in [0.1, 0.15) is 17.1 Å². The Morgan fingerprint density at radius 1 is 1.26 bits per heavy atom. The van der Waals surface area contributed by atoms with Crippen LogP contribution < -0.4 is 10.2 Å². The smallest absolute Gasteiger partial charge is 0.227 e. The highest BCUT2D eigenvalue weighted by Crippen LogP contribution is 2.31. The first-order valence-electron chi connectivity index (χ1n) is 8.36. The molecule has 0 amide bonds. The zero-order valence-electron chi connectivity index (χ0n) is 14.5.